The van der Waals surface area contributed by atoms with E-state index in [1.165, 1.54) is 17.4 Å². The first kappa shape index (κ1) is 13.8. The third-order valence-electron chi connectivity index (χ3n) is 2.74. The van der Waals surface area contributed by atoms with Gasteiger partial charge in [-0.2, -0.15) is 0 Å². The summed E-state index contributed by atoms with van der Waals surface area (Å²) in [6.45, 7) is 0. The third-order valence-corrected chi connectivity index (χ3v) is 6.00. The maximum atomic E-state index is 14.0. The lowest BCUT2D eigenvalue weighted by molar-refractivity contribution is 0.439. The van der Waals surface area contributed by atoms with Crippen LogP contribution in [0.5, 0.6) is 0 Å². The normalized spacial score (nSPS) is 10.9. The van der Waals surface area contributed by atoms with Gasteiger partial charge in [-0.25, -0.2) is 4.39 Å². The molecule has 0 spiro atoms. The van der Waals surface area contributed by atoms with Gasteiger partial charge in [-0.1, -0.05) is 23.4 Å². The summed E-state index contributed by atoms with van der Waals surface area (Å²) in [6.07, 6.45) is 0. The first-order valence-corrected chi connectivity index (χ1v) is 7.93. The van der Waals surface area contributed by atoms with Crippen LogP contribution in [0.3, 0.4) is 0 Å². The van der Waals surface area contributed by atoms with Gasteiger partial charge in [-0.05, 0) is 44.0 Å². The number of nitrogens with zero attached hydrogens (tertiary/aromatic N) is 1. The summed E-state index contributed by atoms with van der Waals surface area (Å²) in [5.74, 6) is -0.260. The molecule has 3 rings (SSSR count). The lowest BCUT2D eigenvalue weighted by atomic mass is 10.0. The van der Waals surface area contributed by atoms with Crippen LogP contribution in [0.25, 0.3) is 21.7 Å². The van der Waals surface area contributed by atoms with Crippen LogP contribution in [0.4, 0.5) is 10.3 Å². The van der Waals surface area contributed by atoms with Gasteiger partial charge in [0.2, 0.25) is 5.88 Å². The molecule has 3 aromatic rings. The van der Waals surface area contributed by atoms with E-state index in [1.807, 2.05) is 6.07 Å². The van der Waals surface area contributed by atoms with E-state index < -0.39 is 0 Å². The van der Waals surface area contributed by atoms with E-state index in [4.69, 9.17) is 10.3 Å². The Kier molecular flexibility index (Phi) is 3.66. The van der Waals surface area contributed by atoms with Crippen molar-refractivity contribution in [1.29, 1.82) is 0 Å². The maximum absolute atomic E-state index is 14.0. The van der Waals surface area contributed by atoms with Crippen molar-refractivity contribution in [2.75, 3.05) is 5.73 Å². The quantitative estimate of drug-likeness (QED) is 0.614. The zero-order valence-corrected chi connectivity index (χ0v) is 13.9. The van der Waals surface area contributed by atoms with E-state index in [0.717, 1.165) is 13.1 Å². The first-order chi connectivity index (χ1) is 9.58. The molecule has 0 atom stereocenters. The SMILES string of the molecule is Nc1onc(-c2cc(Br)c(Br)s2)c1-c1ccccc1F. The highest BCUT2D eigenvalue weighted by atomic mass is 79.9. The van der Waals surface area contributed by atoms with Crippen molar-refractivity contribution < 1.29 is 8.91 Å². The summed E-state index contributed by atoms with van der Waals surface area (Å²) in [4.78, 5) is 0.836. The number of aromatic nitrogens is 1. The van der Waals surface area contributed by atoms with E-state index in [9.17, 15) is 4.39 Å². The van der Waals surface area contributed by atoms with Gasteiger partial charge in [0.25, 0.3) is 0 Å². The molecule has 0 bridgehead atoms. The Morgan fingerprint density at radius 2 is 2.00 bits per heavy atom. The van der Waals surface area contributed by atoms with Crippen molar-refractivity contribution in [2.24, 2.45) is 0 Å². The fourth-order valence-corrected chi connectivity index (χ4v) is 3.88. The highest BCUT2D eigenvalue weighted by Crippen LogP contribution is 2.43. The molecule has 2 aromatic heterocycles. The minimum atomic E-state index is -0.363. The second-order valence-corrected chi connectivity index (χ2v) is 7.21. The molecule has 0 aliphatic heterocycles. The predicted octanol–water partition coefficient (Wildman–Crippen LogP) is 5.32. The van der Waals surface area contributed by atoms with E-state index in [1.54, 1.807) is 18.2 Å². The summed E-state index contributed by atoms with van der Waals surface area (Å²) in [6, 6.07) is 8.29. The van der Waals surface area contributed by atoms with Gasteiger partial charge in [0.15, 0.2) is 0 Å². The molecule has 0 saturated carbocycles. The van der Waals surface area contributed by atoms with Crippen LogP contribution in [-0.4, -0.2) is 5.16 Å². The summed E-state index contributed by atoms with van der Waals surface area (Å²) in [7, 11) is 0. The number of nitrogen functional groups attached to an aromatic ring is 1. The summed E-state index contributed by atoms with van der Waals surface area (Å²) < 4.78 is 20.8. The lowest BCUT2D eigenvalue weighted by Gasteiger charge is -2.02. The number of nitrogens with two attached hydrogens (primary N) is 1. The molecule has 0 amide bonds. The zero-order chi connectivity index (χ0) is 14.3. The van der Waals surface area contributed by atoms with Crippen molar-refractivity contribution in [3.8, 4) is 21.7 Å². The molecule has 0 saturated heterocycles. The van der Waals surface area contributed by atoms with Gasteiger partial charge >= 0.3 is 0 Å². The van der Waals surface area contributed by atoms with Crippen molar-refractivity contribution in [3.63, 3.8) is 0 Å². The van der Waals surface area contributed by atoms with E-state index >= 15 is 0 Å². The molecule has 102 valence electrons. The molecule has 2 N–H and O–H groups in total. The predicted molar refractivity (Wildman–Crippen MR) is 85.0 cm³/mol. The lowest BCUT2D eigenvalue weighted by Crippen LogP contribution is -1.89. The monoisotopic (exact) mass is 416 g/mol. The topological polar surface area (TPSA) is 52.0 Å². The Labute approximate surface area is 134 Å². The van der Waals surface area contributed by atoms with Gasteiger partial charge in [-0.3, -0.25) is 0 Å². The number of thiophene rings is 1. The van der Waals surface area contributed by atoms with Crippen molar-refractivity contribution in [2.45, 2.75) is 0 Å². The van der Waals surface area contributed by atoms with Crippen LogP contribution in [0, 0.1) is 5.82 Å². The number of hydrogen-bond acceptors (Lipinski definition) is 4. The molecule has 20 heavy (non-hydrogen) atoms. The van der Waals surface area contributed by atoms with Gasteiger partial charge in [0.05, 0.1) is 14.2 Å². The molecule has 2 heterocycles. The molecular formula is C13H7Br2FN2OS. The highest BCUT2D eigenvalue weighted by Gasteiger charge is 2.21. The van der Waals surface area contributed by atoms with Crippen LogP contribution < -0.4 is 5.73 Å². The highest BCUT2D eigenvalue weighted by molar-refractivity contribution is 9.13. The largest absolute Gasteiger partial charge is 0.367 e. The molecule has 0 unspecified atom stereocenters. The van der Waals surface area contributed by atoms with E-state index in [0.29, 0.717) is 16.8 Å². The number of benzene rings is 1. The Morgan fingerprint density at radius 1 is 1.25 bits per heavy atom. The summed E-state index contributed by atoms with van der Waals surface area (Å²) in [5.41, 5.74) is 7.19. The van der Waals surface area contributed by atoms with Gasteiger partial charge < -0.3 is 10.3 Å². The number of anilines is 1. The van der Waals surface area contributed by atoms with Crippen LogP contribution in [-0.2, 0) is 0 Å². The molecule has 0 radical (unpaired) electrons. The minimum absolute atomic E-state index is 0.103. The van der Waals surface area contributed by atoms with Crippen molar-refractivity contribution in [3.05, 3.63) is 44.4 Å². The van der Waals surface area contributed by atoms with Crippen molar-refractivity contribution in [1.82, 2.24) is 5.16 Å². The molecular weight excluding hydrogens is 411 g/mol. The Bertz CT molecular complexity index is 765. The third kappa shape index (κ3) is 2.30. The molecule has 0 aliphatic carbocycles. The molecule has 3 nitrogen and oxygen atoms in total. The fourth-order valence-electron chi connectivity index (χ4n) is 1.86. The van der Waals surface area contributed by atoms with E-state index in [2.05, 4.69) is 37.0 Å². The zero-order valence-electron chi connectivity index (χ0n) is 9.86. The van der Waals surface area contributed by atoms with Crippen LogP contribution >= 0.6 is 43.2 Å². The summed E-state index contributed by atoms with van der Waals surface area (Å²) in [5, 5.41) is 3.96. The molecule has 0 aliphatic rings. The number of halogens is 3. The standard InChI is InChI=1S/C13H7Br2FN2OS/c14-7-5-9(20-12(7)15)11-10(13(17)19-18-11)6-3-1-2-4-8(6)16/h1-5H,17H2. The smallest absolute Gasteiger partial charge is 0.230 e. The first-order valence-electron chi connectivity index (χ1n) is 5.53. The second kappa shape index (κ2) is 5.31. The van der Waals surface area contributed by atoms with Crippen molar-refractivity contribution >= 4 is 49.1 Å². The van der Waals surface area contributed by atoms with E-state index in [-0.39, 0.29) is 11.7 Å². The molecule has 1 aromatic carbocycles. The maximum Gasteiger partial charge on any atom is 0.230 e. The second-order valence-electron chi connectivity index (χ2n) is 3.98. The number of rotatable bonds is 2. The average Bonchev–Trinajstić information content (AvgIpc) is 2.94. The van der Waals surface area contributed by atoms with Crippen LogP contribution in [0.15, 0.2) is 43.1 Å². The molecule has 0 fully saturated rings. The Balaban J connectivity index is 2.23. The Hall–Kier alpha value is -1.18. The van der Waals surface area contributed by atoms with Gasteiger partial charge in [-0.15, -0.1) is 11.3 Å². The van der Waals surface area contributed by atoms with Crippen LogP contribution in [0.1, 0.15) is 0 Å². The average molecular weight is 418 g/mol. The minimum Gasteiger partial charge on any atom is -0.367 e. The molecule has 7 heteroatoms. The Morgan fingerprint density at radius 3 is 2.65 bits per heavy atom. The number of hydrogen-bond donors (Lipinski definition) is 1. The van der Waals surface area contributed by atoms with Gasteiger partial charge in [0.1, 0.15) is 11.5 Å². The summed E-state index contributed by atoms with van der Waals surface area (Å²) >= 11 is 8.30. The fraction of sp³-hybridized carbons (Fsp3) is 0. The van der Waals surface area contributed by atoms with Crippen LogP contribution in [0.2, 0.25) is 0 Å². The van der Waals surface area contributed by atoms with Gasteiger partial charge in [0, 0.05) is 10.0 Å².